The minimum Gasteiger partial charge on any atom is -0.455 e. The largest absolute Gasteiger partial charge is 0.455 e. The van der Waals surface area contributed by atoms with Crippen LogP contribution in [0.1, 0.15) is 0 Å². The summed E-state index contributed by atoms with van der Waals surface area (Å²) in [6, 6.07) is 27.2. The number of para-hydroxylation sites is 3. The van der Waals surface area contributed by atoms with Crippen molar-refractivity contribution in [3.63, 3.8) is 0 Å². The van der Waals surface area contributed by atoms with Crippen molar-refractivity contribution >= 4 is 177 Å². The quantitative estimate of drug-likeness (QED) is 0.201. The summed E-state index contributed by atoms with van der Waals surface area (Å²) in [7, 11) is 63.3. The molecule has 0 aliphatic carbocycles. The van der Waals surface area contributed by atoms with Crippen LogP contribution in [-0.2, 0) is 0 Å². The minimum atomic E-state index is 0.0741. The summed E-state index contributed by atoms with van der Waals surface area (Å²) in [6.07, 6.45) is 0. The molecular formula is C39H14B10N4O. The maximum atomic E-state index is 6.56. The van der Waals surface area contributed by atoms with E-state index >= 15 is 0 Å². The monoisotopic (exact) mass is 664 g/mol. The normalized spacial score (nSPS) is 11.7. The predicted octanol–water partition coefficient (Wildman–Crippen LogP) is -2.19. The summed E-state index contributed by atoms with van der Waals surface area (Å²) in [6.45, 7) is 0. The van der Waals surface area contributed by atoms with Crippen LogP contribution in [-0.4, -0.2) is 98.0 Å². The Balaban J connectivity index is 1.32. The summed E-state index contributed by atoms with van der Waals surface area (Å²) in [5.41, 5.74) is 5.98. The molecule has 0 atom stereocenters. The first-order chi connectivity index (χ1) is 26.0. The van der Waals surface area contributed by atoms with Gasteiger partial charge >= 0.3 is 0 Å². The van der Waals surface area contributed by atoms with E-state index in [1.165, 1.54) is 0 Å². The standard InChI is InChI=1S/C39H14B10N4O/c40-26-24(27(41)31(45)34(48)30(26)44)19-9-5-8-18-20-14-15(12-13-23(20)54-36(18)19)37-50-38(25-28(42)32(46)35(49)33(47)29(25)43)52-39(51-37)53-21-10-3-1-6-16(21)17-7-2-4-11-22(17)53/h1-14H. The first-order valence-electron chi connectivity index (χ1n) is 16.7. The van der Waals surface area contributed by atoms with Crippen LogP contribution in [0.25, 0.3) is 83.6 Å². The van der Waals surface area contributed by atoms with Crippen molar-refractivity contribution in [2.75, 3.05) is 0 Å². The summed E-state index contributed by atoms with van der Waals surface area (Å²) >= 11 is 0. The average molecular weight is 663 g/mol. The molecule has 54 heavy (non-hydrogen) atoms. The van der Waals surface area contributed by atoms with Crippen LogP contribution in [0.3, 0.4) is 0 Å². The fraction of sp³-hybridized carbons (Fsp3) is 0. The van der Waals surface area contributed by atoms with Gasteiger partial charge in [0.2, 0.25) is 5.95 Å². The number of hydrogen-bond acceptors (Lipinski definition) is 4. The number of rotatable bonds is 4. The lowest BCUT2D eigenvalue weighted by atomic mass is 9.59. The second-order valence-electron chi connectivity index (χ2n) is 13.0. The van der Waals surface area contributed by atoms with Gasteiger partial charge in [0.25, 0.3) is 0 Å². The van der Waals surface area contributed by atoms with E-state index < -0.39 is 0 Å². The lowest BCUT2D eigenvalue weighted by Crippen LogP contribution is -2.55. The zero-order valence-corrected chi connectivity index (χ0v) is 28.6. The molecule has 0 saturated carbocycles. The molecule has 9 rings (SSSR count). The molecular weight excluding hydrogens is 649 g/mol. The third-order valence-electron chi connectivity index (χ3n) is 10.1. The van der Waals surface area contributed by atoms with Gasteiger partial charge in [-0.05, 0) is 35.9 Å². The summed E-state index contributed by atoms with van der Waals surface area (Å²) in [5.74, 6) is 0.767. The van der Waals surface area contributed by atoms with Gasteiger partial charge in [0.05, 0.1) is 11.0 Å². The van der Waals surface area contributed by atoms with E-state index in [2.05, 4.69) is 12.1 Å². The van der Waals surface area contributed by atoms with E-state index in [-0.39, 0.29) is 66.0 Å². The highest BCUT2D eigenvalue weighted by Crippen LogP contribution is 2.37. The Kier molecular flexibility index (Phi) is 8.00. The van der Waals surface area contributed by atoms with E-state index in [1.54, 1.807) is 0 Å². The molecule has 0 saturated heterocycles. The maximum absolute atomic E-state index is 6.56. The topological polar surface area (TPSA) is 56.7 Å². The molecule has 0 spiro atoms. The van der Waals surface area contributed by atoms with Crippen LogP contribution < -0.4 is 54.6 Å². The van der Waals surface area contributed by atoms with Gasteiger partial charge in [-0.2, -0.15) is 9.97 Å². The van der Waals surface area contributed by atoms with Crippen LogP contribution in [0.4, 0.5) is 0 Å². The number of fused-ring (bicyclic) bond motifs is 6. The molecule has 20 radical (unpaired) electrons. The minimum absolute atomic E-state index is 0.0741. The molecule has 0 unspecified atom stereocenters. The van der Waals surface area contributed by atoms with Crippen LogP contribution in [0.15, 0.2) is 89.3 Å². The highest BCUT2D eigenvalue weighted by Gasteiger charge is 2.22. The molecule has 0 bridgehead atoms. The van der Waals surface area contributed by atoms with Crippen molar-refractivity contribution in [2.24, 2.45) is 0 Å². The van der Waals surface area contributed by atoms with Gasteiger partial charge in [-0.1, -0.05) is 76.4 Å². The molecule has 0 fully saturated rings. The third kappa shape index (κ3) is 4.97. The van der Waals surface area contributed by atoms with E-state index in [9.17, 15) is 0 Å². The van der Waals surface area contributed by atoms with Crippen molar-refractivity contribution in [2.45, 2.75) is 0 Å². The number of nitrogens with zero attached hydrogens (tertiary/aromatic N) is 4. The van der Waals surface area contributed by atoms with Crippen LogP contribution in [0.2, 0.25) is 0 Å². The number of furan rings is 1. The molecule has 226 valence electrons. The SMILES string of the molecule is [B]c1c([B])c([B])c(-c2nc(-c3ccc4oc5c(-c6c([B])c([B])c([B])c([B])c6[B])cccc5c4c3)nc(-n3c4ccccc4c4ccccc43)n2)c([B])c1[B]. The lowest BCUT2D eigenvalue weighted by Gasteiger charge is -2.21. The number of hydrogen-bond donors (Lipinski definition) is 0. The fourth-order valence-electron chi connectivity index (χ4n) is 7.21. The molecule has 3 aromatic heterocycles. The summed E-state index contributed by atoms with van der Waals surface area (Å²) in [5, 5.41) is 3.56. The second kappa shape index (κ2) is 12.6. The second-order valence-corrected chi connectivity index (χ2v) is 13.0. The maximum Gasteiger partial charge on any atom is 0.238 e. The molecule has 9 aromatic rings. The Labute approximate surface area is 324 Å². The highest BCUT2D eigenvalue weighted by atomic mass is 16.3. The Bertz CT molecular complexity index is 2970. The van der Waals surface area contributed by atoms with Crippen LogP contribution in [0, 0.1) is 0 Å². The Morgan fingerprint density at radius 3 is 1.52 bits per heavy atom. The first-order valence-corrected chi connectivity index (χ1v) is 16.7. The first kappa shape index (κ1) is 34.4. The van der Waals surface area contributed by atoms with E-state index in [0.717, 1.165) is 32.6 Å². The van der Waals surface area contributed by atoms with Gasteiger partial charge in [-0.15, -0.1) is 32.8 Å². The molecule has 0 N–H and O–H groups in total. The molecule has 0 aliphatic heterocycles. The molecule has 3 heterocycles. The smallest absolute Gasteiger partial charge is 0.238 e. The average Bonchev–Trinajstić information content (AvgIpc) is 3.74. The molecule has 6 aromatic carbocycles. The molecule has 15 heteroatoms. The third-order valence-corrected chi connectivity index (χ3v) is 10.1. The van der Waals surface area contributed by atoms with Crippen molar-refractivity contribution in [1.29, 1.82) is 0 Å². The van der Waals surface area contributed by atoms with Crippen molar-refractivity contribution in [3.8, 4) is 39.9 Å². The van der Waals surface area contributed by atoms with Crippen LogP contribution >= 0.6 is 0 Å². The molecule has 5 nitrogen and oxygen atoms in total. The fourth-order valence-corrected chi connectivity index (χ4v) is 7.21. The Morgan fingerprint density at radius 1 is 0.426 bits per heavy atom. The van der Waals surface area contributed by atoms with Gasteiger partial charge < -0.3 is 4.42 Å². The van der Waals surface area contributed by atoms with Gasteiger partial charge in [0.1, 0.15) is 89.6 Å². The van der Waals surface area contributed by atoms with Gasteiger partial charge in [0, 0.05) is 38.2 Å². The Hall–Kier alpha value is -5.42. The number of benzene rings is 6. The van der Waals surface area contributed by atoms with Crippen molar-refractivity contribution in [1.82, 2.24) is 19.5 Å². The summed E-state index contributed by atoms with van der Waals surface area (Å²) in [4.78, 5) is 14.9. The van der Waals surface area contributed by atoms with Gasteiger partial charge in [-0.3, -0.25) is 4.57 Å². The van der Waals surface area contributed by atoms with E-state index in [4.69, 9.17) is 97.8 Å². The van der Waals surface area contributed by atoms with Crippen molar-refractivity contribution < 1.29 is 4.42 Å². The van der Waals surface area contributed by atoms with Gasteiger partial charge in [-0.25, -0.2) is 4.98 Å². The Morgan fingerprint density at radius 2 is 0.926 bits per heavy atom. The van der Waals surface area contributed by atoms with E-state index in [1.807, 2.05) is 77.4 Å². The van der Waals surface area contributed by atoms with Crippen molar-refractivity contribution in [3.05, 3.63) is 84.9 Å². The zero-order chi connectivity index (χ0) is 37.7. The number of aromatic nitrogens is 4. The van der Waals surface area contributed by atoms with Crippen LogP contribution in [0.5, 0.6) is 0 Å². The predicted molar refractivity (Wildman–Crippen MR) is 232 cm³/mol. The molecule has 0 aliphatic rings. The highest BCUT2D eigenvalue weighted by molar-refractivity contribution is 6.70. The zero-order valence-electron chi connectivity index (χ0n) is 28.6. The molecule has 0 amide bonds. The van der Waals surface area contributed by atoms with E-state index in [0.29, 0.717) is 39.6 Å². The van der Waals surface area contributed by atoms with Gasteiger partial charge in [0.15, 0.2) is 11.6 Å². The lowest BCUT2D eigenvalue weighted by molar-refractivity contribution is 0.670. The summed E-state index contributed by atoms with van der Waals surface area (Å²) < 4.78 is 8.40.